The molecule has 1 aromatic heterocycles. The monoisotopic (exact) mass is 393 g/mol. The molecule has 1 atom stereocenters. The fourth-order valence-electron chi connectivity index (χ4n) is 2.38. The van der Waals surface area contributed by atoms with Crippen molar-refractivity contribution in [3.63, 3.8) is 0 Å². The summed E-state index contributed by atoms with van der Waals surface area (Å²) >= 11 is 7.01. The Balaban J connectivity index is 2.15. The molecular formula is C16H13Br2NO. The molecule has 0 aliphatic carbocycles. The van der Waals surface area contributed by atoms with Gasteiger partial charge in [-0.05, 0) is 36.8 Å². The van der Waals surface area contributed by atoms with E-state index in [4.69, 9.17) is 10.2 Å². The number of rotatable bonds is 2. The Bertz CT molecular complexity index is 779. The van der Waals surface area contributed by atoms with Crippen molar-refractivity contribution in [1.82, 2.24) is 0 Å². The number of hydrogen-bond donors (Lipinski definition) is 1. The van der Waals surface area contributed by atoms with E-state index in [-0.39, 0.29) is 6.04 Å². The van der Waals surface area contributed by atoms with Gasteiger partial charge in [0.25, 0.3) is 0 Å². The lowest BCUT2D eigenvalue weighted by atomic mass is 10.0. The first-order valence-electron chi connectivity index (χ1n) is 6.26. The van der Waals surface area contributed by atoms with Gasteiger partial charge in [-0.15, -0.1) is 0 Å². The Hall–Kier alpha value is -1.10. The predicted molar refractivity (Wildman–Crippen MR) is 88.8 cm³/mol. The van der Waals surface area contributed by atoms with Crippen molar-refractivity contribution in [1.29, 1.82) is 0 Å². The van der Waals surface area contributed by atoms with Gasteiger partial charge in [0.1, 0.15) is 11.3 Å². The standard InChI is InChI=1S/C16H13Br2NO/c1-9-11-7-6-10(17)8-14(11)20-16(9)15(19)12-4-2-3-5-13(12)18/h2-8,15H,19H2,1H3. The molecule has 0 saturated carbocycles. The topological polar surface area (TPSA) is 39.2 Å². The molecule has 1 heterocycles. The van der Waals surface area contributed by atoms with Crippen LogP contribution in [0, 0.1) is 6.92 Å². The number of benzene rings is 2. The highest BCUT2D eigenvalue weighted by Gasteiger charge is 2.20. The second-order valence-corrected chi connectivity index (χ2v) is 6.50. The van der Waals surface area contributed by atoms with Gasteiger partial charge < -0.3 is 10.2 Å². The van der Waals surface area contributed by atoms with Gasteiger partial charge in [0.05, 0.1) is 6.04 Å². The first kappa shape index (κ1) is 13.9. The summed E-state index contributed by atoms with van der Waals surface area (Å²) in [5, 5.41) is 1.10. The molecule has 0 saturated heterocycles. The van der Waals surface area contributed by atoms with Gasteiger partial charge in [0.2, 0.25) is 0 Å². The lowest BCUT2D eigenvalue weighted by molar-refractivity contribution is 0.520. The van der Waals surface area contributed by atoms with E-state index >= 15 is 0 Å². The zero-order chi connectivity index (χ0) is 14.3. The van der Waals surface area contributed by atoms with Gasteiger partial charge in [-0.2, -0.15) is 0 Å². The van der Waals surface area contributed by atoms with Crippen molar-refractivity contribution >= 4 is 42.8 Å². The molecule has 0 bridgehead atoms. The number of hydrogen-bond acceptors (Lipinski definition) is 2. The molecule has 20 heavy (non-hydrogen) atoms. The van der Waals surface area contributed by atoms with Crippen LogP contribution in [0.3, 0.4) is 0 Å². The van der Waals surface area contributed by atoms with Gasteiger partial charge in [-0.1, -0.05) is 50.1 Å². The smallest absolute Gasteiger partial charge is 0.135 e. The van der Waals surface area contributed by atoms with Crippen molar-refractivity contribution in [2.45, 2.75) is 13.0 Å². The highest BCUT2D eigenvalue weighted by Crippen LogP contribution is 2.34. The summed E-state index contributed by atoms with van der Waals surface area (Å²) in [6, 6.07) is 13.7. The molecule has 2 nitrogen and oxygen atoms in total. The number of nitrogens with two attached hydrogens (primary N) is 1. The van der Waals surface area contributed by atoms with E-state index < -0.39 is 0 Å². The van der Waals surface area contributed by atoms with E-state index in [1.807, 2.05) is 43.3 Å². The summed E-state index contributed by atoms with van der Waals surface area (Å²) < 4.78 is 7.97. The van der Waals surface area contributed by atoms with Crippen LogP contribution >= 0.6 is 31.9 Å². The summed E-state index contributed by atoms with van der Waals surface area (Å²) in [7, 11) is 0. The summed E-state index contributed by atoms with van der Waals surface area (Å²) in [5.74, 6) is 0.810. The molecule has 3 aromatic rings. The van der Waals surface area contributed by atoms with Crippen LogP contribution < -0.4 is 5.73 Å². The summed E-state index contributed by atoms with van der Waals surface area (Å²) in [6.07, 6.45) is 0. The van der Waals surface area contributed by atoms with Crippen molar-refractivity contribution in [2.75, 3.05) is 0 Å². The molecule has 0 fully saturated rings. The SMILES string of the molecule is Cc1c(C(N)c2ccccc2Br)oc2cc(Br)ccc12. The molecule has 0 amide bonds. The summed E-state index contributed by atoms with van der Waals surface area (Å²) in [6.45, 7) is 2.05. The fourth-order valence-corrected chi connectivity index (χ4v) is 3.25. The molecule has 4 heteroatoms. The average Bonchev–Trinajstić information content (AvgIpc) is 2.75. The van der Waals surface area contributed by atoms with Crippen LogP contribution in [0.5, 0.6) is 0 Å². The maximum atomic E-state index is 6.38. The van der Waals surface area contributed by atoms with Crippen LogP contribution in [0.15, 0.2) is 55.8 Å². The second-order valence-electron chi connectivity index (χ2n) is 4.73. The Morgan fingerprint density at radius 2 is 1.85 bits per heavy atom. The van der Waals surface area contributed by atoms with E-state index in [2.05, 4.69) is 37.9 Å². The Morgan fingerprint density at radius 1 is 1.10 bits per heavy atom. The van der Waals surface area contributed by atoms with Crippen LogP contribution in [0.4, 0.5) is 0 Å². The largest absolute Gasteiger partial charge is 0.459 e. The molecule has 0 aliphatic rings. The lowest BCUT2D eigenvalue weighted by Gasteiger charge is -2.12. The van der Waals surface area contributed by atoms with Crippen LogP contribution in [-0.4, -0.2) is 0 Å². The van der Waals surface area contributed by atoms with Crippen LogP contribution in [0.1, 0.15) is 22.9 Å². The van der Waals surface area contributed by atoms with Gasteiger partial charge in [0, 0.05) is 19.9 Å². The van der Waals surface area contributed by atoms with Crippen molar-refractivity contribution in [3.8, 4) is 0 Å². The summed E-state index contributed by atoms with van der Waals surface area (Å²) in [5.41, 5.74) is 9.36. The van der Waals surface area contributed by atoms with Crippen LogP contribution in [0.2, 0.25) is 0 Å². The molecule has 0 aliphatic heterocycles. The van der Waals surface area contributed by atoms with Gasteiger partial charge in [-0.3, -0.25) is 0 Å². The normalized spacial score (nSPS) is 12.8. The maximum Gasteiger partial charge on any atom is 0.135 e. The van der Waals surface area contributed by atoms with E-state index in [1.165, 1.54) is 0 Å². The maximum absolute atomic E-state index is 6.38. The Labute approximate surface area is 134 Å². The van der Waals surface area contributed by atoms with Crippen molar-refractivity contribution in [2.24, 2.45) is 5.73 Å². The van der Waals surface area contributed by atoms with E-state index in [1.54, 1.807) is 0 Å². The number of aryl methyl sites for hydroxylation is 1. The highest BCUT2D eigenvalue weighted by atomic mass is 79.9. The third kappa shape index (κ3) is 2.32. The molecule has 3 rings (SSSR count). The second kappa shape index (κ2) is 5.35. The van der Waals surface area contributed by atoms with E-state index in [0.29, 0.717) is 0 Å². The average molecular weight is 395 g/mol. The molecular weight excluding hydrogens is 382 g/mol. The highest BCUT2D eigenvalue weighted by molar-refractivity contribution is 9.10. The number of fused-ring (bicyclic) bond motifs is 1. The predicted octanol–water partition coefficient (Wildman–Crippen LogP) is 5.31. The minimum absolute atomic E-state index is 0.281. The number of furan rings is 1. The molecule has 102 valence electrons. The van der Waals surface area contributed by atoms with Crippen molar-refractivity contribution in [3.05, 3.63) is 68.3 Å². The molecule has 2 aromatic carbocycles. The Kier molecular flexibility index (Phi) is 3.71. The van der Waals surface area contributed by atoms with Gasteiger partial charge in [-0.25, -0.2) is 0 Å². The minimum atomic E-state index is -0.281. The third-order valence-electron chi connectivity index (χ3n) is 3.46. The van der Waals surface area contributed by atoms with Gasteiger partial charge >= 0.3 is 0 Å². The quantitative estimate of drug-likeness (QED) is 0.639. The first-order valence-corrected chi connectivity index (χ1v) is 7.85. The zero-order valence-electron chi connectivity index (χ0n) is 10.9. The van der Waals surface area contributed by atoms with Gasteiger partial charge in [0.15, 0.2) is 0 Å². The van der Waals surface area contributed by atoms with Crippen LogP contribution in [-0.2, 0) is 0 Å². The Morgan fingerprint density at radius 3 is 2.60 bits per heavy atom. The van der Waals surface area contributed by atoms with E-state index in [9.17, 15) is 0 Å². The molecule has 1 unspecified atom stereocenters. The third-order valence-corrected chi connectivity index (χ3v) is 4.68. The lowest BCUT2D eigenvalue weighted by Crippen LogP contribution is -2.12. The van der Waals surface area contributed by atoms with E-state index in [0.717, 1.165) is 36.8 Å². The molecule has 2 N–H and O–H groups in total. The zero-order valence-corrected chi connectivity index (χ0v) is 14.0. The van der Waals surface area contributed by atoms with Crippen molar-refractivity contribution < 1.29 is 4.42 Å². The molecule has 0 radical (unpaired) electrons. The number of halogens is 2. The first-order chi connectivity index (χ1) is 9.58. The fraction of sp³-hybridized carbons (Fsp3) is 0.125. The summed E-state index contributed by atoms with van der Waals surface area (Å²) in [4.78, 5) is 0. The minimum Gasteiger partial charge on any atom is -0.459 e. The molecule has 0 spiro atoms. The van der Waals surface area contributed by atoms with Crippen LogP contribution in [0.25, 0.3) is 11.0 Å².